The predicted molar refractivity (Wildman–Crippen MR) is 72.4 cm³/mol. The van der Waals surface area contributed by atoms with Gasteiger partial charge < -0.3 is 20.3 Å². The third-order valence-electron chi connectivity index (χ3n) is 2.73. The van der Waals surface area contributed by atoms with Gasteiger partial charge in [0.2, 0.25) is 0 Å². The first kappa shape index (κ1) is 16.0. The van der Waals surface area contributed by atoms with Crippen LogP contribution in [0.25, 0.3) is 0 Å². The summed E-state index contributed by atoms with van der Waals surface area (Å²) >= 11 is 0. The Bertz CT molecular complexity index is 446. The first-order valence-corrected chi connectivity index (χ1v) is 6.38. The molecule has 0 aromatic heterocycles. The average Bonchev–Trinajstić information content (AvgIpc) is 2.42. The zero-order chi connectivity index (χ0) is 15.1. The van der Waals surface area contributed by atoms with Gasteiger partial charge in [-0.3, -0.25) is 4.79 Å². The smallest absolute Gasteiger partial charge is 0.328 e. The van der Waals surface area contributed by atoms with Crippen molar-refractivity contribution in [3.8, 4) is 5.75 Å². The minimum absolute atomic E-state index is 0.382. The molecule has 0 saturated heterocycles. The lowest BCUT2D eigenvalue weighted by Crippen LogP contribution is -2.51. The Hall–Kier alpha value is -2.08. The average molecular weight is 281 g/mol. The Kier molecular flexibility index (Phi) is 5.99. The quantitative estimate of drug-likeness (QED) is 0.687. The summed E-state index contributed by atoms with van der Waals surface area (Å²) in [7, 11) is 0. The van der Waals surface area contributed by atoms with E-state index in [1.54, 1.807) is 31.2 Å². The van der Waals surface area contributed by atoms with Crippen molar-refractivity contribution >= 4 is 11.9 Å². The summed E-state index contributed by atoms with van der Waals surface area (Å²) in [5, 5.41) is 20.5. The summed E-state index contributed by atoms with van der Waals surface area (Å²) in [4.78, 5) is 22.9. The Morgan fingerprint density at radius 1 is 1.30 bits per heavy atom. The largest absolute Gasteiger partial charge is 0.481 e. The molecule has 3 N–H and O–H groups in total. The number of hydrogen-bond acceptors (Lipinski definition) is 4. The van der Waals surface area contributed by atoms with Crippen molar-refractivity contribution in [3.05, 3.63) is 30.3 Å². The maximum absolute atomic E-state index is 12.0. The Morgan fingerprint density at radius 3 is 2.35 bits per heavy atom. The molecule has 1 aromatic rings. The maximum atomic E-state index is 12.0. The molecule has 0 radical (unpaired) electrons. The van der Waals surface area contributed by atoms with Crippen molar-refractivity contribution in [1.82, 2.24) is 5.32 Å². The van der Waals surface area contributed by atoms with Crippen molar-refractivity contribution in [2.45, 2.75) is 38.5 Å². The van der Waals surface area contributed by atoms with Gasteiger partial charge in [-0.05, 0) is 25.5 Å². The summed E-state index contributed by atoms with van der Waals surface area (Å²) < 4.78 is 5.50. The zero-order valence-corrected chi connectivity index (χ0v) is 11.4. The number of para-hydroxylation sites is 1. The van der Waals surface area contributed by atoms with E-state index in [2.05, 4.69) is 5.32 Å². The second-order valence-corrected chi connectivity index (χ2v) is 4.39. The number of ether oxygens (including phenoxy) is 1. The van der Waals surface area contributed by atoms with Gasteiger partial charge in [-0.1, -0.05) is 25.1 Å². The Balaban J connectivity index is 2.69. The van der Waals surface area contributed by atoms with Crippen molar-refractivity contribution < 1.29 is 24.5 Å². The lowest BCUT2D eigenvalue weighted by molar-refractivity contribution is -0.146. The van der Waals surface area contributed by atoms with Gasteiger partial charge in [0.15, 0.2) is 12.1 Å². The van der Waals surface area contributed by atoms with Crippen molar-refractivity contribution in [3.63, 3.8) is 0 Å². The highest BCUT2D eigenvalue weighted by atomic mass is 16.5. The number of aliphatic hydroxyl groups excluding tert-OH is 1. The molecule has 1 aromatic carbocycles. The number of hydrogen-bond donors (Lipinski definition) is 3. The van der Waals surface area contributed by atoms with E-state index in [1.807, 2.05) is 6.07 Å². The highest BCUT2D eigenvalue weighted by molar-refractivity contribution is 5.86. The van der Waals surface area contributed by atoms with Gasteiger partial charge in [0.05, 0.1) is 6.10 Å². The van der Waals surface area contributed by atoms with Crippen LogP contribution in [0.15, 0.2) is 30.3 Å². The zero-order valence-electron chi connectivity index (χ0n) is 11.4. The molecular weight excluding hydrogens is 262 g/mol. The van der Waals surface area contributed by atoms with Gasteiger partial charge in [-0.15, -0.1) is 0 Å². The van der Waals surface area contributed by atoms with E-state index in [1.165, 1.54) is 6.92 Å². The number of rotatable bonds is 7. The van der Waals surface area contributed by atoms with Gasteiger partial charge in [0, 0.05) is 0 Å². The lowest BCUT2D eigenvalue weighted by atomic mass is 10.1. The topological polar surface area (TPSA) is 95.9 Å². The van der Waals surface area contributed by atoms with E-state index in [0.717, 1.165) is 0 Å². The molecule has 1 rings (SSSR count). The molecule has 0 spiro atoms. The molecule has 0 aliphatic heterocycles. The third kappa shape index (κ3) is 4.55. The molecular formula is C14H19NO5. The summed E-state index contributed by atoms with van der Waals surface area (Å²) in [6, 6.07) is 7.43. The van der Waals surface area contributed by atoms with Gasteiger partial charge >= 0.3 is 5.97 Å². The summed E-state index contributed by atoms with van der Waals surface area (Å²) in [5.74, 6) is -1.33. The first-order valence-electron chi connectivity index (χ1n) is 6.38. The fourth-order valence-corrected chi connectivity index (χ4v) is 1.62. The number of nitrogens with one attached hydrogen (secondary N) is 1. The molecule has 0 aliphatic carbocycles. The number of benzene rings is 1. The molecule has 3 atom stereocenters. The van der Waals surface area contributed by atoms with Gasteiger partial charge in [-0.25, -0.2) is 4.79 Å². The van der Waals surface area contributed by atoms with Crippen molar-refractivity contribution in [2.75, 3.05) is 0 Å². The molecule has 0 aliphatic rings. The number of carboxylic acid groups (broad SMARTS) is 1. The van der Waals surface area contributed by atoms with Crippen LogP contribution < -0.4 is 10.1 Å². The maximum Gasteiger partial charge on any atom is 0.328 e. The van der Waals surface area contributed by atoms with Crippen LogP contribution in [0, 0.1) is 0 Å². The van der Waals surface area contributed by atoms with Crippen LogP contribution in [0.5, 0.6) is 5.75 Å². The molecule has 0 bridgehead atoms. The van der Waals surface area contributed by atoms with Crippen molar-refractivity contribution in [1.29, 1.82) is 0 Å². The van der Waals surface area contributed by atoms with E-state index < -0.39 is 30.1 Å². The van der Waals surface area contributed by atoms with Crippen LogP contribution in [0.4, 0.5) is 0 Å². The highest BCUT2D eigenvalue weighted by Crippen LogP contribution is 2.12. The fraction of sp³-hybridized carbons (Fsp3) is 0.429. The predicted octanol–water partition coefficient (Wildman–Crippen LogP) is 0.794. The van der Waals surface area contributed by atoms with Gasteiger partial charge in [-0.2, -0.15) is 0 Å². The second-order valence-electron chi connectivity index (χ2n) is 4.39. The van der Waals surface area contributed by atoms with E-state index in [9.17, 15) is 14.7 Å². The molecule has 0 fully saturated rings. The number of carbonyl (C=O) groups is 2. The van der Waals surface area contributed by atoms with E-state index >= 15 is 0 Å². The van der Waals surface area contributed by atoms with Crippen LogP contribution in [-0.2, 0) is 9.59 Å². The van der Waals surface area contributed by atoms with E-state index in [-0.39, 0.29) is 0 Å². The van der Waals surface area contributed by atoms with Crippen LogP contribution in [-0.4, -0.2) is 40.3 Å². The molecule has 110 valence electrons. The monoisotopic (exact) mass is 281 g/mol. The van der Waals surface area contributed by atoms with E-state index in [0.29, 0.717) is 12.2 Å². The normalized spacial score (nSPS) is 14.9. The third-order valence-corrected chi connectivity index (χ3v) is 2.73. The molecule has 0 heterocycles. The number of carbonyl (C=O) groups excluding carboxylic acids is 1. The number of aliphatic hydroxyl groups is 1. The van der Waals surface area contributed by atoms with Crippen LogP contribution >= 0.6 is 0 Å². The lowest BCUT2D eigenvalue weighted by Gasteiger charge is -2.21. The number of aliphatic carboxylic acids is 1. The van der Waals surface area contributed by atoms with Gasteiger partial charge in [0.25, 0.3) is 5.91 Å². The van der Waals surface area contributed by atoms with E-state index in [4.69, 9.17) is 9.84 Å². The SMILES string of the molecule is CCC(Oc1ccccc1)C(=O)N[C@H](C(=O)O)[C@@H](C)O. The summed E-state index contributed by atoms with van der Waals surface area (Å²) in [5.41, 5.74) is 0. The summed E-state index contributed by atoms with van der Waals surface area (Å²) in [6.07, 6.45) is -1.61. The van der Waals surface area contributed by atoms with Crippen LogP contribution in [0.2, 0.25) is 0 Å². The van der Waals surface area contributed by atoms with Crippen LogP contribution in [0.3, 0.4) is 0 Å². The minimum atomic E-state index is -1.35. The summed E-state index contributed by atoms with van der Waals surface area (Å²) in [6.45, 7) is 3.06. The second kappa shape index (κ2) is 7.49. The van der Waals surface area contributed by atoms with Crippen molar-refractivity contribution in [2.24, 2.45) is 0 Å². The molecule has 6 heteroatoms. The molecule has 1 amide bonds. The minimum Gasteiger partial charge on any atom is -0.481 e. The molecule has 20 heavy (non-hydrogen) atoms. The Morgan fingerprint density at radius 2 is 1.90 bits per heavy atom. The molecule has 0 saturated carbocycles. The standard InChI is InChI=1S/C14H19NO5/c1-3-11(20-10-7-5-4-6-8-10)13(17)15-12(9(2)16)14(18)19/h4-9,11-12,16H,3H2,1-2H3,(H,15,17)(H,18,19)/t9-,11?,12+/m1/s1. The molecule has 1 unspecified atom stereocenters. The number of carboxylic acids is 1. The Labute approximate surface area is 117 Å². The first-order chi connectivity index (χ1) is 9.45. The number of amides is 1. The van der Waals surface area contributed by atoms with Crippen LogP contribution in [0.1, 0.15) is 20.3 Å². The highest BCUT2D eigenvalue weighted by Gasteiger charge is 2.28. The molecule has 6 nitrogen and oxygen atoms in total. The fourth-order valence-electron chi connectivity index (χ4n) is 1.62. The van der Waals surface area contributed by atoms with Gasteiger partial charge in [0.1, 0.15) is 5.75 Å².